The maximum atomic E-state index is 12.7. The monoisotopic (exact) mass is 2010 g/mol. The Morgan fingerprint density at radius 3 is 0.963 bits per heavy atom. The molecule has 0 atom stereocenters. The van der Waals surface area contributed by atoms with Gasteiger partial charge in [-0.15, -0.1) is 40.8 Å². The molecule has 0 unspecified atom stereocenters. The first-order valence-electron chi connectivity index (χ1n) is 39.6. The molecule has 0 bridgehead atoms. The van der Waals surface area contributed by atoms with Gasteiger partial charge in [0.1, 0.15) is 47.7 Å². The number of alkyl halides is 15. The van der Waals surface area contributed by atoms with Crippen LogP contribution in [-0.2, 0) is 113 Å². The summed E-state index contributed by atoms with van der Waals surface area (Å²) in [6.45, 7) is 18.9. The fraction of sp³-hybridized carbons (Fsp3) is 0.280. The number of aliphatic hydroxyl groups excluding tert-OH is 1. The van der Waals surface area contributed by atoms with Crippen molar-refractivity contribution in [2.75, 3.05) is 13.2 Å². The summed E-state index contributed by atoms with van der Waals surface area (Å²) in [5.74, 6) is 1.60. The van der Waals surface area contributed by atoms with E-state index in [2.05, 4.69) is 40.8 Å². The third kappa shape index (κ3) is 33.7. The van der Waals surface area contributed by atoms with E-state index in [0.29, 0.717) is 69.8 Å². The summed E-state index contributed by atoms with van der Waals surface area (Å²) in [4.78, 5) is 34.9. The number of carbonyl (C=O) groups is 3. The Labute approximate surface area is 781 Å². The van der Waals surface area contributed by atoms with E-state index in [9.17, 15) is 85.3 Å². The van der Waals surface area contributed by atoms with Crippen LogP contribution < -0.4 is 23.7 Å². The zero-order valence-electron chi connectivity index (χ0n) is 74.1. The van der Waals surface area contributed by atoms with E-state index in [1.54, 1.807) is 117 Å². The Kier molecular flexibility index (Phi) is 39.5. The van der Waals surface area contributed by atoms with Crippen molar-refractivity contribution < 1.29 is 172 Å². The molecule has 0 radical (unpaired) electrons. The van der Waals surface area contributed by atoms with Gasteiger partial charge in [-0.3, -0.25) is 0 Å². The molecule has 0 aliphatic rings. The number of esters is 2. The summed E-state index contributed by atoms with van der Waals surface area (Å²) in [7, 11) is 0. The fourth-order valence-electron chi connectivity index (χ4n) is 10.7. The number of aromatic hydroxyl groups is 1. The number of carboxylic acids is 1. The first-order valence-corrected chi connectivity index (χ1v) is 39.6. The minimum atomic E-state index is -4.42. The van der Waals surface area contributed by atoms with Crippen molar-refractivity contribution in [2.45, 2.75) is 157 Å². The first-order chi connectivity index (χ1) is 62.9. The number of phenolic OH excluding ortho intramolecular Hbond substituents is 1. The number of phenols is 1. The average molecular weight is 2010 g/mol. The largest absolute Gasteiger partial charge is 0.508 e. The molecule has 9 aromatic carbocycles. The predicted molar refractivity (Wildman–Crippen MR) is 451 cm³/mol. The molecule has 4 aromatic heterocycles. The second-order valence-corrected chi connectivity index (χ2v) is 29.6. The van der Waals surface area contributed by atoms with Crippen LogP contribution in [0.1, 0.15) is 135 Å². The molecule has 136 heavy (non-hydrogen) atoms. The normalized spacial score (nSPS) is 11.5. The number of rotatable bonds is 26. The van der Waals surface area contributed by atoms with Gasteiger partial charge in [0.05, 0.1) is 59.3 Å². The number of hydrogen-bond donors (Lipinski definition) is 3. The number of aliphatic hydroxyl groups is 1. The Morgan fingerprint density at radius 1 is 0.382 bits per heavy atom. The number of halogens is 15. The molecule has 43 heteroatoms. The van der Waals surface area contributed by atoms with Crippen LogP contribution >= 0.6 is 0 Å². The van der Waals surface area contributed by atoms with Gasteiger partial charge in [0.25, 0.3) is 11.8 Å². The first kappa shape index (κ1) is 111. The average Bonchev–Trinajstić information content (AvgIpc) is 1.60. The molecule has 3 N–H and O–H groups in total. The van der Waals surface area contributed by atoms with Crippen LogP contribution in [0.4, 0.5) is 65.9 Å². The summed E-state index contributed by atoms with van der Waals surface area (Å²) >= 11 is 0. The van der Waals surface area contributed by atoms with Crippen LogP contribution in [0.15, 0.2) is 224 Å². The smallest absolute Gasteiger partial charge is 0.416 e. The van der Waals surface area contributed by atoms with Gasteiger partial charge in [-0.05, 0) is 274 Å². The van der Waals surface area contributed by atoms with Crippen molar-refractivity contribution >= 4 is 17.9 Å². The van der Waals surface area contributed by atoms with Crippen LogP contribution in [0.2, 0.25) is 0 Å². The summed E-state index contributed by atoms with van der Waals surface area (Å²) in [6, 6.07) is 47.7. The van der Waals surface area contributed by atoms with E-state index >= 15 is 0 Å². The Morgan fingerprint density at radius 2 is 0.676 bits per heavy atom. The zero-order valence-corrected chi connectivity index (χ0v) is 75.6. The molecule has 0 amide bonds. The number of nitriles is 1. The molecular weight excluding hydrogens is 1920 g/mol. The number of benzene rings is 9. The quantitative estimate of drug-likeness (QED) is 0.0196. The van der Waals surface area contributed by atoms with Crippen LogP contribution in [0.25, 0.3) is 45.8 Å². The number of carboxylic acid groups (broad SMARTS) is 1. The van der Waals surface area contributed by atoms with Crippen LogP contribution in [0.5, 0.6) is 34.5 Å². The summed E-state index contributed by atoms with van der Waals surface area (Å²) in [5, 5.41) is 65.6. The SMILES string of the molecule is CCOC(=O)C(C)(C)Oc1ccc(O)cc1C.CCOC(=O)C(C)(C)Oc1ccc(OCc2nnc(-c3ccc(C(F)(F)F)cc3)o2)cc1C.Cc1cc(OCc2nnc(-c3ccc(C(F)(F)F)cc3)o2)ccc1OC(C)(C)C(=O)O.FC(F)(F)c1ccc(-c2nnc(COCc3ccccc3)o2)cc1.N#Cc1ccc(C(F)(F)F)cc1.OCc1nnc(-c2ccc(C(F)(F)F)cc2)o1.[CH3-].[Pd]. The molecule has 4 heterocycles. The molecule has 0 fully saturated rings. The van der Waals surface area contributed by atoms with Crippen molar-refractivity contribution in [3.05, 3.63) is 293 Å². The van der Waals surface area contributed by atoms with E-state index in [4.69, 9.17) is 71.0 Å². The second-order valence-electron chi connectivity index (χ2n) is 29.6. The molecule has 728 valence electrons. The third-order valence-electron chi connectivity index (χ3n) is 17.8. The molecule has 27 nitrogen and oxygen atoms in total. The number of nitrogens with zero attached hydrogens (tertiary/aromatic N) is 9. The van der Waals surface area contributed by atoms with Crippen molar-refractivity contribution in [2.24, 2.45) is 0 Å². The van der Waals surface area contributed by atoms with Gasteiger partial charge in [-0.1, -0.05) is 30.3 Å². The van der Waals surface area contributed by atoms with Gasteiger partial charge < -0.3 is 78.3 Å². The Bertz CT molecular complexity index is 6030. The number of aryl methyl sites for hydroxylation is 3. The number of carbonyl (C=O) groups excluding carboxylic acids is 2. The van der Waals surface area contributed by atoms with Crippen molar-refractivity contribution in [1.82, 2.24) is 40.8 Å². The van der Waals surface area contributed by atoms with E-state index < -0.39 is 100 Å². The maximum Gasteiger partial charge on any atom is 0.416 e. The fourth-order valence-corrected chi connectivity index (χ4v) is 10.7. The van der Waals surface area contributed by atoms with Crippen molar-refractivity contribution in [1.29, 1.82) is 5.26 Å². The van der Waals surface area contributed by atoms with Gasteiger partial charge in [0.15, 0.2) is 30.0 Å². The molecule has 0 saturated heterocycles. The number of aromatic nitrogens is 8. The van der Waals surface area contributed by atoms with E-state index in [1.807, 2.05) is 30.3 Å². The van der Waals surface area contributed by atoms with E-state index in [1.165, 1.54) is 68.4 Å². The minimum Gasteiger partial charge on any atom is -0.508 e. The van der Waals surface area contributed by atoms with Crippen LogP contribution in [-0.4, -0.2) is 104 Å². The third-order valence-corrected chi connectivity index (χ3v) is 17.8. The summed E-state index contributed by atoms with van der Waals surface area (Å²) < 4.78 is 251. The standard InChI is InChI=1S/C23H23F3N2O5.C21H19F3N2O5.C17H13F3N2O2.C13H18O4.C10H7F3N2O2.C8H4F3N.CH3.Pd/c1-5-30-21(29)22(3,4)33-18-11-10-17(12-14(18)2)31-13-19-27-28-20(32-19)15-6-8-16(9-7-15)23(24,25)26;1-12-10-15(8-9-16(12)31-20(2,3)19(27)28)29-11-17-25-26-18(30-17)13-4-6-14(7-5-13)21(22,23)24;18-17(19,20)14-8-6-13(7-9-14)16-22-21-15(24-16)11-23-10-12-4-2-1-3-5-12;1-5-16-12(15)13(3,4)17-11-7-6-10(14)8-9(11)2;11-10(12,13)7-3-1-6(2-4-7)9-15-14-8(5-16)17-9;9-8(10,11)7-3-1-6(5-12)2-4-7;;/h6-12H,5,13H2,1-4H3;4-10H,11H2,1-3H3,(H,27,28);1-9H,10-11H2;6-8,14H,5H2,1-4H3;1-4,16H,5H2;1-4H;1H3;/q;;;;;;-1;. The van der Waals surface area contributed by atoms with Crippen LogP contribution in [0, 0.1) is 39.5 Å². The zero-order chi connectivity index (χ0) is 98.7. The van der Waals surface area contributed by atoms with E-state index in [0.717, 1.165) is 89.5 Å². The Balaban J connectivity index is 0.000000257. The second kappa shape index (κ2) is 48.6. The topological polar surface area (TPSA) is 365 Å². The minimum absolute atomic E-state index is 0. The summed E-state index contributed by atoms with van der Waals surface area (Å²) in [5.41, 5.74) is -2.40. The van der Waals surface area contributed by atoms with Crippen molar-refractivity contribution in [3.63, 3.8) is 0 Å². The molecule has 0 aliphatic heterocycles. The number of ether oxygens (including phenoxy) is 8. The molecule has 0 spiro atoms. The Hall–Kier alpha value is -14.2. The molecule has 13 aromatic rings. The van der Waals surface area contributed by atoms with Crippen LogP contribution in [0.3, 0.4) is 0 Å². The number of hydrogen-bond acceptors (Lipinski definition) is 26. The number of aliphatic carboxylic acids is 1. The van der Waals surface area contributed by atoms with Gasteiger partial charge >= 0.3 is 48.8 Å². The van der Waals surface area contributed by atoms with Gasteiger partial charge in [-0.25, -0.2) is 14.4 Å². The van der Waals surface area contributed by atoms with Crippen molar-refractivity contribution in [3.8, 4) is 86.4 Å². The molecule has 0 saturated carbocycles. The van der Waals surface area contributed by atoms with E-state index in [-0.39, 0.29) is 113 Å². The summed E-state index contributed by atoms with van der Waals surface area (Å²) in [6.07, 6.45) is -21.9. The van der Waals surface area contributed by atoms with Gasteiger partial charge in [0.2, 0.25) is 35.3 Å². The predicted octanol–water partition coefficient (Wildman–Crippen LogP) is 22.4. The maximum absolute atomic E-state index is 12.7. The van der Waals surface area contributed by atoms with Gasteiger partial charge in [0, 0.05) is 42.7 Å². The molecule has 13 rings (SSSR count). The van der Waals surface area contributed by atoms with Gasteiger partial charge in [-0.2, -0.15) is 71.1 Å². The molecule has 0 aliphatic carbocycles. The molecular formula is C93H87F15N9O18Pd-.